The molecule has 0 atom stereocenters. The lowest BCUT2D eigenvalue weighted by atomic mass is 10.1. The van der Waals surface area contributed by atoms with Crippen LogP contribution in [-0.4, -0.2) is 43.2 Å². The van der Waals surface area contributed by atoms with Gasteiger partial charge in [0.25, 0.3) is 0 Å². The number of fused-ring (bicyclic) bond motifs is 1. The molecule has 0 amide bonds. The van der Waals surface area contributed by atoms with E-state index in [9.17, 15) is 0 Å². The topological polar surface area (TPSA) is 37.4 Å². The Hall–Kier alpha value is -0.650. The first-order valence-electron chi connectivity index (χ1n) is 6.62. The third kappa shape index (κ3) is 3.67. The molecule has 102 valence electrons. The zero-order chi connectivity index (χ0) is 13.0. The number of methoxy groups -OCH3 is 1. The Balaban J connectivity index is 1.91. The minimum atomic E-state index is 0.726. The summed E-state index contributed by atoms with van der Waals surface area (Å²) < 4.78 is 5.03. The van der Waals surface area contributed by atoms with Gasteiger partial charge in [-0.05, 0) is 5.92 Å². The van der Waals surface area contributed by atoms with E-state index in [0.29, 0.717) is 0 Å². The van der Waals surface area contributed by atoms with Crippen LogP contribution in [0.5, 0.6) is 0 Å². The summed E-state index contributed by atoms with van der Waals surface area (Å²) in [4.78, 5) is 8.63. The minimum Gasteiger partial charge on any atom is -0.383 e. The molecular weight excluding hydrogens is 246 g/mol. The van der Waals surface area contributed by atoms with Gasteiger partial charge >= 0.3 is 0 Å². The molecule has 0 bridgehead atoms. The zero-order valence-electron chi connectivity index (χ0n) is 11.5. The first kappa shape index (κ1) is 13.8. The molecule has 5 heteroatoms. The predicted molar refractivity (Wildman–Crippen MR) is 76.3 cm³/mol. The van der Waals surface area contributed by atoms with Crippen molar-refractivity contribution in [1.82, 2.24) is 9.88 Å². The predicted octanol–water partition coefficient (Wildman–Crippen LogP) is 2.22. The van der Waals surface area contributed by atoms with E-state index < -0.39 is 0 Å². The molecule has 0 saturated heterocycles. The molecule has 1 aliphatic heterocycles. The lowest BCUT2D eigenvalue weighted by Gasteiger charge is -2.27. The van der Waals surface area contributed by atoms with Crippen LogP contribution in [0, 0.1) is 5.92 Å². The normalized spacial score (nSPS) is 16.0. The molecule has 1 N–H and O–H groups in total. The summed E-state index contributed by atoms with van der Waals surface area (Å²) in [5.74, 6) is 0.735. The molecular formula is C13H23N3OS. The van der Waals surface area contributed by atoms with Gasteiger partial charge in [0, 0.05) is 44.6 Å². The van der Waals surface area contributed by atoms with Crippen LogP contribution in [0.2, 0.25) is 0 Å². The summed E-state index contributed by atoms with van der Waals surface area (Å²) in [5, 5.41) is 4.37. The first-order valence-corrected chi connectivity index (χ1v) is 7.44. The van der Waals surface area contributed by atoms with Crippen molar-refractivity contribution in [2.75, 3.05) is 38.7 Å². The summed E-state index contributed by atoms with van der Waals surface area (Å²) in [6.45, 7) is 9.51. The Morgan fingerprint density at radius 1 is 1.50 bits per heavy atom. The molecule has 0 fully saturated rings. The molecule has 0 spiro atoms. The lowest BCUT2D eigenvalue weighted by molar-refractivity contribution is 0.211. The lowest BCUT2D eigenvalue weighted by Crippen LogP contribution is -2.32. The summed E-state index contributed by atoms with van der Waals surface area (Å²) in [5.41, 5.74) is 1.29. The smallest absolute Gasteiger partial charge is 0.183 e. The minimum absolute atomic E-state index is 0.726. The van der Waals surface area contributed by atoms with Crippen molar-refractivity contribution in [3.8, 4) is 0 Å². The molecule has 1 aromatic heterocycles. The van der Waals surface area contributed by atoms with Gasteiger partial charge in [-0.3, -0.25) is 4.90 Å². The number of nitrogens with zero attached hydrogens (tertiary/aromatic N) is 2. The number of hydrogen-bond donors (Lipinski definition) is 1. The Bertz CT molecular complexity index is 378. The fraction of sp³-hybridized carbons (Fsp3) is 0.769. The van der Waals surface area contributed by atoms with Crippen LogP contribution in [0.15, 0.2) is 0 Å². The maximum absolute atomic E-state index is 5.03. The van der Waals surface area contributed by atoms with E-state index in [1.807, 2.05) is 0 Å². The molecule has 0 saturated carbocycles. The van der Waals surface area contributed by atoms with Gasteiger partial charge in [0.2, 0.25) is 0 Å². The number of hydrogen-bond acceptors (Lipinski definition) is 5. The van der Waals surface area contributed by atoms with Crippen molar-refractivity contribution < 1.29 is 4.74 Å². The Morgan fingerprint density at radius 2 is 2.33 bits per heavy atom. The highest BCUT2D eigenvalue weighted by molar-refractivity contribution is 7.15. The molecule has 4 nitrogen and oxygen atoms in total. The summed E-state index contributed by atoms with van der Waals surface area (Å²) in [6, 6.07) is 0. The molecule has 1 aliphatic rings. The van der Waals surface area contributed by atoms with Crippen molar-refractivity contribution in [2.24, 2.45) is 5.92 Å². The van der Waals surface area contributed by atoms with Gasteiger partial charge in [0.05, 0.1) is 12.3 Å². The molecule has 1 aromatic rings. The van der Waals surface area contributed by atoms with E-state index >= 15 is 0 Å². The van der Waals surface area contributed by atoms with Gasteiger partial charge in [-0.2, -0.15) is 0 Å². The van der Waals surface area contributed by atoms with Crippen LogP contribution in [-0.2, 0) is 17.7 Å². The zero-order valence-corrected chi connectivity index (χ0v) is 12.3. The number of nitrogens with one attached hydrogen (secondary N) is 1. The van der Waals surface area contributed by atoms with Crippen LogP contribution in [0.25, 0.3) is 0 Å². The third-order valence-electron chi connectivity index (χ3n) is 3.02. The molecule has 2 heterocycles. The van der Waals surface area contributed by atoms with Gasteiger partial charge in [0.15, 0.2) is 5.13 Å². The fourth-order valence-corrected chi connectivity index (χ4v) is 3.33. The molecule has 2 rings (SSSR count). The summed E-state index contributed by atoms with van der Waals surface area (Å²) >= 11 is 1.80. The molecule has 0 aromatic carbocycles. The standard InChI is InChI=1S/C13H23N3OS/c1-10(2)8-16-6-4-11-12(9-16)18-13(15-11)14-5-7-17-3/h10H,4-9H2,1-3H3,(H,14,15). The Morgan fingerprint density at radius 3 is 3.06 bits per heavy atom. The maximum Gasteiger partial charge on any atom is 0.183 e. The van der Waals surface area contributed by atoms with E-state index in [1.54, 1.807) is 18.4 Å². The monoisotopic (exact) mass is 269 g/mol. The molecule has 0 unspecified atom stereocenters. The largest absolute Gasteiger partial charge is 0.383 e. The fourth-order valence-electron chi connectivity index (χ4n) is 2.26. The van der Waals surface area contributed by atoms with Crippen LogP contribution in [0.4, 0.5) is 5.13 Å². The second kappa shape index (κ2) is 6.50. The van der Waals surface area contributed by atoms with E-state index in [4.69, 9.17) is 4.74 Å². The van der Waals surface area contributed by atoms with Gasteiger partial charge in [-0.25, -0.2) is 4.98 Å². The van der Waals surface area contributed by atoms with Crippen molar-refractivity contribution in [3.63, 3.8) is 0 Å². The highest BCUT2D eigenvalue weighted by Gasteiger charge is 2.20. The van der Waals surface area contributed by atoms with Gasteiger partial charge in [-0.15, -0.1) is 11.3 Å². The average molecular weight is 269 g/mol. The maximum atomic E-state index is 5.03. The molecule has 0 aliphatic carbocycles. The second-order valence-corrected chi connectivity index (χ2v) is 6.27. The Labute approximate surface area is 113 Å². The number of anilines is 1. The van der Waals surface area contributed by atoms with Crippen LogP contribution in [0.3, 0.4) is 0 Å². The van der Waals surface area contributed by atoms with E-state index in [-0.39, 0.29) is 0 Å². The average Bonchev–Trinajstić information content (AvgIpc) is 2.70. The van der Waals surface area contributed by atoms with Crippen molar-refractivity contribution in [3.05, 3.63) is 10.6 Å². The van der Waals surface area contributed by atoms with Crippen LogP contribution >= 0.6 is 11.3 Å². The van der Waals surface area contributed by atoms with E-state index in [1.165, 1.54) is 17.1 Å². The number of rotatable bonds is 6. The molecule has 18 heavy (non-hydrogen) atoms. The van der Waals surface area contributed by atoms with Crippen LogP contribution in [0.1, 0.15) is 24.4 Å². The first-order chi connectivity index (χ1) is 8.69. The third-order valence-corrected chi connectivity index (χ3v) is 4.06. The van der Waals surface area contributed by atoms with E-state index in [0.717, 1.165) is 43.7 Å². The Kier molecular flexibility index (Phi) is 4.97. The van der Waals surface area contributed by atoms with Gasteiger partial charge < -0.3 is 10.1 Å². The second-order valence-electron chi connectivity index (χ2n) is 5.19. The van der Waals surface area contributed by atoms with Gasteiger partial charge in [0.1, 0.15) is 0 Å². The van der Waals surface area contributed by atoms with Gasteiger partial charge in [-0.1, -0.05) is 13.8 Å². The van der Waals surface area contributed by atoms with Crippen molar-refractivity contribution >= 4 is 16.5 Å². The quantitative estimate of drug-likeness (QED) is 0.804. The van der Waals surface area contributed by atoms with E-state index in [2.05, 4.69) is 29.0 Å². The van der Waals surface area contributed by atoms with Crippen molar-refractivity contribution in [2.45, 2.75) is 26.8 Å². The highest BCUT2D eigenvalue weighted by Crippen LogP contribution is 2.28. The van der Waals surface area contributed by atoms with Crippen LogP contribution < -0.4 is 5.32 Å². The summed E-state index contributed by atoms with van der Waals surface area (Å²) in [7, 11) is 1.72. The number of thiazole rings is 1. The number of aromatic nitrogens is 1. The SMILES string of the molecule is COCCNc1nc2c(s1)CN(CC(C)C)CC2. The highest BCUT2D eigenvalue weighted by atomic mass is 32.1. The van der Waals surface area contributed by atoms with Crippen molar-refractivity contribution in [1.29, 1.82) is 0 Å². The number of ether oxygens (including phenoxy) is 1. The molecule has 0 radical (unpaired) electrons. The summed E-state index contributed by atoms with van der Waals surface area (Å²) in [6.07, 6.45) is 1.09.